The maximum absolute atomic E-state index is 12.6. The van der Waals surface area contributed by atoms with Gasteiger partial charge in [0.2, 0.25) is 5.91 Å². The van der Waals surface area contributed by atoms with Crippen LogP contribution in [0.4, 0.5) is 0 Å². The Morgan fingerprint density at radius 3 is 2.61 bits per heavy atom. The smallest absolute Gasteiger partial charge is 0.312 e. The lowest BCUT2D eigenvalue weighted by Crippen LogP contribution is -2.45. The Kier molecular flexibility index (Phi) is 5.93. The summed E-state index contributed by atoms with van der Waals surface area (Å²) in [4.78, 5) is 38.1. The summed E-state index contributed by atoms with van der Waals surface area (Å²) in [7, 11) is 0. The normalized spacial score (nSPS) is 15.5. The van der Waals surface area contributed by atoms with Gasteiger partial charge in [-0.2, -0.15) is 0 Å². The first kappa shape index (κ1) is 19.4. The summed E-state index contributed by atoms with van der Waals surface area (Å²) in [6.45, 7) is 2.44. The van der Waals surface area contributed by atoms with Gasteiger partial charge in [0.05, 0.1) is 24.6 Å². The molecule has 1 atom stereocenters. The Bertz CT molecular complexity index is 896. The molecule has 1 aliphatic heterocycles. The highest BCUT2D eigenvalue weighted by Gasteiger charge is 2.32. The van der Waals surface area contributed by atoms with E-state index in [0.717, 1.165) is 11.1 Å². The molecule has 1 unspecified atom stereocenters. The molecule has 0 fully saturated rings. The van der Waals surface area contributed by atoms with Crippen molar-refractivity contribution in [2.24, 2.45) is 0 Å². The first-order valence-electron chi connectivity index (χ1n) is 9.09. The van der Waals surface area contributed by atoms with Crippen LogP contribution in [0.1, 0.15) is 34.3 Å². The van der Waals surface area contributed by atoms with Gasteiger partial charge in [0, 0.05) is 13.1 Å². The van der Waals surface area contributed by atoms with E-state index in [9.17, 15) is 19.5 Å². The van der Waals surface area contributed by atoms with Crippen LogP contribution in [-0.2, 0) is 16.1 Å². The number of carbonyl (C=O) groups excluding carboxylic acids is 2. The Morgan fingerprint density at radius 2 is 1.86 bits per heavy atom. The monoisotopic (exact) mass is 382 g/mol. The fraction of sp³-hybridized carbons (Fsp3) is 0.286. The van der Waals surface area contributed by atoms with Gasteiger partial charge in [0.25, 0.3) is 5.91 Å². The van der Waals surface area contributed by atoms with E-state index < -0.39 is 17.8 Å². The maximum Gasteiger partial charge on any atom is 0.312 e. The molecule has 7 heteroatoms. The van der Waals surface area contributed by atoms with Gasteiger partial charge in [-0.15, -0.1) is 0 Å². The molecule has 0 aliphatic carbocycles. The topological polar surface area (TPSA) is 95.9 Å². The van der Waals surface area contributed by atoms with Crippen molar-refractivity contribution in [3.63, 3.8) is 0 Å². The Balaban J connectivity index is 1.67. The Labute approximate surface area is 162 Å². The number of carbonyl (C=O) groups is 3. The summed E-state index contributed by atoms with van der Waals surface area (Å²) in [5.41, 5.74) is 1.89. The van der Waals surface area contributed by atoms with E-state index in [0.29, 0.717) is 24.5 Å². The minimum Gasteiger partial charge on any atom is -0.493 e. The van der Waals surface area contributed by atoms with Crippen molar-refractivity contribution in [1.29, 1.82) is 0 Å². The number of hydrogen-bond donors (Lipinski definition) is 2. The van der Waals surface area contributed by atoms with Crippen LogP contribution in [0, 0.1) is 0 Å². The van der Waals surface area contributed by atoms with Crippen LogP contribution in [0.15, 0.2) is 48.5 Å². The molecule has 3 rings (SSSR count). The largest absolute Gasteiger partial charge is 0.493 e. The highest BCUT2D eigenvalue weighted by atomic mass is 16.5. The summed E-state index contributed by atoms with van der Waals surface area (Å²) >= 11 is 0. The summed E-state index contributed by atoms with van der Waals surface area (Å²) in [6, 6.07) is 14.0. The summed E-state index contributed by atoms with van der Waals surface area (Å²) in [6.07, 6.45) is 0. The molecule has 2 N–H and O–H groups in total. The van der Waals surface area contributed by atoms with E-state index in [1.54, 1.807) is 36.4 Å². The number of aliphatic carboxylic acids is 1. The van der Waals surface area contributed by atoms with Crippen molar-refractivity contribution in [2.75, 3.05) is 19.7 Å². The van der Waals surface area contributed by atoms with Gasteiger partial charge in [-0.05, 0) is 30.2 Å². The third kappa shape index (κ3) is 4.14. The van der Waals surface area contributed by atoms with Gasteiger partial charge >= 0.3 is 5.97 Å². The molecule has 2 aromatic rings. The average Bonchev–Trinajstić information content (AvgIpc) is 2.71. The zero-order valence-corrected chi connectivity index (χ0v) is 15.6. The molecule has 0 aromatic heterocycles. The number of fused-ring (bicyclic) bond motifs is 1. The van der Waals surface area contributed by atoms with Crippen LogP contribution in [0.2, 0.25) is 0 Å². The number of para-hydroxylation sites is 1. The van der Waals surface area contributed by atoms with E-state index in [2.05, 4.69) is 5.32 Å². The molecule has 0 spiro atoms. The van der Waals surface area contributed by atoms with Crippen molar-refractivity contribution in [1.82, 2.24) is 10.2 Å². The second-order valence-electron chi connectivity index (χ2n) is 6.48. The molecule has 0 radical (unpaired) electrons. The lowest BCUT2D eigenvalue weighted by Gasteiger charge is -2.32. The number of amides is 2. The van der Waals surface area contributed by atoms with Crippen LogP contribution < -0.4 is 10.1 Å². The fourth-order valence-electron chi connectivity index (χ4n) is 3.31. The lowest BCUT2D eigenvalue weighted by atomic mass is 9.90. The van der Waals surface area contributed by atoms with E-state index in [1.807, 2.05) is 19.1 Å². The number of carboxylic acids is 1. The molecule has 7 nitrogen and oxygen atoms in total. The van der Waals surface area contributed by atoms with E-state index in [1.165, 1.54) is 4.90 Å². The first-order valence-corrected chi connectivity index (χ1v) is 9.09. The summed E-state index contributed by atoms with van der Waals surface area (Å²) in [5.74, 6) is -2.04. The summed E-state index contributed by atoms with van der Waals surface area (Å²) in [5, 5.41) is 12.1. The predicted molar refractivity (Wildman–Crippen MR) is 102 cm³/mol. The van der Waals surface area contributed by atoms with Crippen molar-refractivity contribution in [3.8, 4) is 5.75 Å². The number of ether oxygens (including phenoxy) is 1. The molecule has 1 heterocycles. The van der Waals surface area contributed by atoms with Crippen LogP contribution in [0.3, 0.4) is 0 Å². The molecule has 0 saturated carbocycles. The molecular formula is C21H22N2O5. The molecule has 0 saturated heterocycles. The molecule has 0 bridgehead atoms. The minimum atomic E-state index is -0.973. The van der Waals surface area contributed by atoms with Gasteiger partial charge < -0.3 is 20.1 Å². The van der Waals surface area contributed by atoms with Crippen molar-refractivity contribution in [2.45, 2.75) is 19.4 Å². The Morgan fingerprint density at radius 1 is 1.14 bits per heavy atom. The lowest BCUT2D eigenvalue weighted by molar-refractivity contribution is -0.141. The van der Waals surface area contributed by atoms with Crippen molar-refractivity contribution in [3.05, 3.63) is 65.2 Å². The standard InChI is InChI=1S/C21H22N2O5/c1-2-28-18-10-6-5-9-16(18)20(25)22-11-19(24)23-12-14-7-3-4-8-15(14)17(13-23)21(26)27/h3-10,17H,2,11-13H2,1H3,(H,22,25)(H,26,27). The highest BCUT2D eigenvalue weighted by molar-refractivity contribution is 5.98. The SMILES string of the molecule is CCOc1ccccc1C(=O)NCC(=O)N1Cc2ccccc2C(C(=O)O)C1. The van der Waals surface area contributed by atoms with Crippen molar-refractivity contribution < 1.29 is 24.2 Å². The molecule has 2 amide bonds. The zero-order chi connectivity index (χ0) is 20.1. The second kappa shape index (κ2) is 8.56. The third-order valence-corrected chi connectivity index (χ3v) is 4.68. The number of rotatable bonds is 6. The fourth-order valence-corrected chi connectivity index (χ4v) is 3.31. The number of benzene rings is 2. The maximum atomic E-state index is 12.6. The Hall–Kier alpha value is -3.35. The van der Waals surface area contributed by atoms with Crippen molar-refractivity contribution >= 4 is 17.8 Å². The van der Waals surface area contributed by atoms with E-state index >= 15 is 0 Å². The third-order valence-electron chi connectivity index (χ3n) is 4.68. The number of hydrogen-bond acceptors (Lipinski definition) is 4. The highest BCUT2D eigenvalue weighted by Crippen LogP contribution is 2.28. The van der Waals surface area contributed by atoms with Gasteiger partial charge in [0.1, 0.15) is 5.75 Å². The number of carboxylic acid groups (broad SMARTS) is 1. The molecular weight excluding hydrogens is 360 g/mol. The van der Waals surface area contributed by atoms with Gasteiger partial charge in [-0.25, -0.2) is 0 Å². The predicted octanol–water partition coefficient (Wildman–Crippen LogP) is 2.03. The molecule has 146 valence electrons. The number of nitrogens with zero attached hydrogens (tertiary/aromatic N) is 1. The van der Waals surface area contributed by atoms with Crippen LogP contribution in [-0.4, -0.2) is 47.5 Å². The molecule has 28 heavy (non-hydrogen) atoms. The number of nitrogens with one attached hydrogen (secondary N) is 1. The zero-order valence-electron chi connectivity index (χ0n) is 15.6. The first-order chi connectivity index (χ1) is 13.5. The van der Waals surface area contributed by atoms with Gasteiger partial charge in [-0.3, -0.25) is 14.4 Å². The van der Waals surface area contributed by atoms with Crippen LogP contribution >= 0.6 is 0 Å². The van der Waals surface area contributed by atoms with E-state index in [-0.39, 0.29) is 19.0 Å². The second-order valence-corrected chi connectivity index (χ2v) is 6.48. The average molecular weight is 382 g/mol. The van der Waals surface area contributed by atoms with Gasteiger partial charge in [0.15, 0.2) is 0 Å². The van der Waals surface area contributed by atoms with E-state index in [4.69, 9.17) is 4.74 Å². The summed E-state index contributed by atoms with van der Waals surface area (Å²) < 4.78 is 5.44. The van der Waals surface area contributed by atoms with Crippen LogP contribution in [0.5, 0.6) is 5.75 Å². The minimum absolute atomic E-state index is 0.0799. The quantitative estimate of drug-likeness (QED) is 0.797. The molecule has 2 aromatic carbocycles. The molecule has 1 aliphatic rings. The van der Waals surface area contributed by atoms with Gasteiger partial charge in [-0.1, -0.05) is 36.4 Å². The van der Waals surface area contributed by atoms with Crippen LogP contribution in [0.25, 0.3) is 0 Å².